The SMILES string of the molecule is O=COCCc1ccc2cc(Nc3cnc4ccccc4n3)ccc2c1. The van der Waals surface area contributed by atoms with E-state index in [4.69, 9.17) is 4.74 Å². The summed E-state index contributed by atoms with van der Waals surface area (Å²) in [7, 11) is 0. The normalized spacial score (nSPS) is 10.8. The van der Waals surface area contributed by atoms with E-state index in [-0.39, 0.29) is 0 Å². The van der Waals surface area contributed by atoms with Gasteiger partial charge in [0.05, 0.1) is 23.8 Å². The molecule has 3 aromatic carbocycles. The molecule has 5 nitrogen and oxygen atoms in total. The summed E-state index contributed by atoms with van der Waals surface area (Å²) in [4.78, 5) is 19.2. The third-order valence-electron chi connectivity index (χ3n) is 4.20. The monoisotopic (exact) mass is 343 g/mol. The Morgan fingerprint density at radius 1 is 0.962 bits per heavy atom. The molecule has 0 aliphatic heterocycles. The minimum atomic E-state index is 0.398. The Morgan fingerprint density at radius 3 is 2.65 bits per heavy atom. The Morgan fingerprint density at radius 2 is 1.77 bits per heavy atom. The number of carbonyl (C=O) groups is 1. The van der Waals surface area contributed by atoms with Crippen molar-refractivity contribution in [2.45, 2.75) is 6.42 Å². The van der Waals surface area contributed by atoms with Crippen molar-refractivity contribution in [3.05, 3.63) is 72.4 Å². The fourth-order valence-electron chi connectivity index (χ4n) is 2.92. The van der Waals surface area contributed by atoms with Crippen molar-refractivity contribution < 1.29 is 9.53 Å². The molecule has 0 bridgehead atoms. The first kappa shape index (κ1) is 16.0. The minimum Gasteiger partial charge on any atom is -0.468 e. The van der Waals surface area contributed by atoms with E-state index in [1.165, 1.54) is 0 Å². The molecule has 0 aliphatic rings. The molecule has 128 valence electrons. The lowest BCUT2D eigenvalue weighted by Crippen LogP contribution is -1.97. The van der Waals surface area contributed by atoms with Gasteiger partial charge in [-0.2, -0.15) is 0 Å². The fraction of sp³-hybridized carbons (Fsp3) is 0.0952. The molecule has 4 rings (SSSR count). The largest absolute Gasteiger partial charge is 0.468 e. The standard InChI is InChI=1S/C21H17N3O2/c25-14-26-10-9-15-5-6-17-12-18(8-7-16(17)11-15)23-21-13-22-19-3-1-2-4-20(19)24-21/h1-8,11-14H,9-10H2,(H,23,24). The Labute approximate surface area is 150 Å². The smallest absolute Gasteiger partial charge is 0.293 e. The van der Waals surface area contributed by atoms with Crippen molar-refractivity contribution in [3.63, 3.8) is 0 Å². The first-order valence-corrected chi connectivity index (χ1v) is 8.38. The van der Waals surface area contributed by atoms with Crippen LogP contribution in [-0.2, 0) is 16.0 Å². The molecule has 0 atom stereocenters. The topological polar surface area (TPSA) is 64.1 Å². The van der Waals surface area contributed by atoms with Crippen LogP contribution in [0.15, 0.2) is 66.9 Å². The summed E-state index contributed by atoms with van der Waals surface area (Å²) in [6, 6.07) is 20.2. The molecule has 5 heteroatoms. The van der Waals surface area contributed by atoms with Crippen LogP contribution in [0.5, 0.6) is 0 Å². The van der Waals surface area contributed by atoms with E-state index in [2.05, 4.69) is 45.6 Å². The Balaban J connectivity index is 1.56. The molecule has 26 heavy (non-hydrogen) atoms. The second kappa shape index (κ2) is 7.19. The van der Waals surface area contributed by atoms with Crippen LogP contribution >= 0.6 is 0 Å². The maximum atomic E-state index is 10.2. The molecule has 0 saturated heterocycles. The number of ether oxygens (including phenoxy) is 1. The summed E-state index contributed by atoms with van der Waals surface area (Å²) in [5.74, 6) is 0.714. The first-order chi connectivity index (χ1) is 12.8. The van der Waals surface area contributed by atoms with E-state index in [1.807, 2.05) is 30.3 Å². The van der Waals surface area contributed by atoms with Crippen molar-refractivity contribution in [2.24, 2.45) is 0 Å². The predicted octanol–water partition coefficient (Wildman–Crippen LogP) is 4.24. The summed E-state index contributed by atoms with van der Waals surface area (Å²) in [5.41, 5.74) is 3.84. The molecule has 1 heterocycles. The number of anilines is 2. The maximum absolute atomic E-state index is 10.2. The summed E-state index contributed by atoms with van der Waals surface area (Å²) >= 11 is 0. The van der Waals surface area contributed by atoms with E-state index in [1.54, 1.807) is 6.20 Å². The van der Waals surface area contributed by atoms with Gasteiger partial charge in [0.25, 0.3) is 6.47 Å². The van der Waals surface area contributed by atoms with E-state index in [9.17, 15) is 4.79 Å². The molecule has 1 N–H and O–H groups in total. The van der Waals surface area contributed by atoms with Gasteiger partial charge in [0.2, 0.25) is 0 Å². The van der Waals surface area contributed by atoms with E-state index in [0.29, 0.717) is 25.3 Å². The molecule has 1 aromatic heterocycles. The summed E-state index contributed by atoms with van der Waals surface area (Å²) < 4.78 is 4.76. The lowest BCUT2D eigenvalue weighted by molar-refractivity contribution is -0.128. The third-order valence-corrected chi connectivity index (χ3v) is 4.20. The summed E-state index contributed by atoms with van der Waals surface area (Å²) in [6.45, 7) is 0.879. The van der Waals surface area contributed by atoms with Gasteiger partial charge in [-0.3, -0.25) is 9.78 Å². The number of hydrogen-bond acceptors (Lipinski definition) is 5. The highest BCUT2D eigenvalue weighted by Crippen LogP contribution is 2.23. The number of nitrogens with zero attached hydrogens (tertiary/aromatic N) is 2. The highest BCUT2D eigenvalue weighted by molar-refractivity contribution is 5.87. The number of nitrogens with one attached hydrogen (secondary N) is 1. The number of hydrogen-bond donors (Lipinski definition) is 1. The maximum Gasteiger partial charge on any atom is 0.293 e. The van der Waals surface area contributed by atoms with E-state index in [0.717, 1.165) is 33.1 Å². The van der Waals surface area contributed by atoms with Crippen molar-refractivity contribution in [3.8, 4) is 0 Å². The molecule has 0 radical (unpaired) electrons. The van der Waals surface area contributed by atoms with Crippen molar-refractivity contribution in [1.29, 1.82) is 0 Å². The second-order valence-electron chi connectivity index (χ2n) is 5.98. The molecular formula is C21H17N3O2. The lowest BCUT2D eigenvalue weighted by Gasteiger charge is -2.09. The van der Waals surface area contributed by atoms with Crippen LogP contribution in [0.25, 0.3) is 21.8 Å². The van der Waals surface area contributed by atoms with Gasteiger partial charge in [-0.15, -0.1) is 0 Å². The zero-order chi connectivity index (χ0) is 17.8. The highest BCUT2D eigenvalue weighted by Gasteiger charge is 2.02. The average molecular weight is 343 g/mol. The van der Waals surface area contributed by atoms with Crippen LogP contribution in [0.3, 0.4) is 0 Å². The van der Waals surface area contributed by atoms with Gasteiger partial charge in [-0.1, -0.05) is 36.4 Å². The van der Waals surface area contributed by atoms with Crippen molar-refractivity contribution in [1.82, 2.24) is 9.97 Å². The van der Waals surface area contributed by atoms with Crippen molar-refractivity contribution in [2.75, 3.05) is 11.9 Å². The number of fused-ring (bicyclic) bond motifs is 2. The van der Waals surface area contributed by atoms with Crippen LogP contribution in [0.2, 0.25) is 0 Å². The van der Waals surface area contributed by atoms with Gasteiger partial charge in [0, 0.05) is 12.1 Å². The first-order valence-electron chi connectivity index (χ1n) is 8.38. The molecule has 0 unspecified atom stereocenters. The molecule has 0 saturated carbocycles. The number of rotatable bonds is 6. The summed E-state index contributed by atoms with van der Waals surface area (Å²) in [6.07, 6.45) is 2.45. The quantitative estimate of drug-likeness (QED) is 0.419. The van der Waals surface area contributed by atoms with Gasteiger partial charge in [-0.25, -0.2) is 4.98 Å². The van der Waals surface area contributed by atoms with Gasteiger partial charge < -0.3 is 10.1 Å². The Bertz CT molecular complexity index is 1080. The molecular weight excluding hydrogens is 326 g/mol. The van der Waals surface area contributed by atoms with E-state index < -0.39 is 0 Å². The van der Waals surface area contributed by atoms with Crippen LogP contribution in [0, 0.1) is 0 Å². The number of benzene rings is 3. The third kappa shape index (κ3) is 3.47. The van der Waals surface area contributed by atoms with Gasteiger partial charge in [0.1, 0.15) is 5.82 Å². The minimum absolute atomic E-state index is 0.398. The average Bonchev–Trinajstić information content (AvgIpc) is 2.68. The number of aromatic nitrogens is 2. The number of para-hydroxylation sites is 2. The van der Waals surface area contributed by atoms with Crippen molar-refractivity contribution >= 4 is 39.8 Å². The highest BCUT2D eigenvalue weighted by atomic mass is 16.5. The van der Waals surface area contributed by atoms with E-state index >= 15 is 0 Å². The van der Waals surface area contributed by atoms with Crippen LogP contribution in [0.1, 0.15) is 5.56 Å². The predicted molar refractivity (Wildman–Crippen MR) is 102 cm³/mol. The molecule has 0 amide bonds. The molecule has 0 aliphatic carbocycles. The molecule has 0 fully saturated rings. The molecule has 4 aromatic rings. The van der Waals surface area contributed by atoms with Gasteiger partial charge in [0.15, 0.2) is 0 Å². The van der Waals surface area contributed by atoms with Gasteiger partial charge in [-0.05, 0) is 40.6 Å². The Kier molecular flexibility index (Phi) is 4.43. The summed E-state index contributed by atoms with van der Waals surface area (Å²) in [5, 5.41) is 5.58. The van der Waals surface area contributed by atoms with Crippen LogP contribution in [0.4, 0.5) is 11.5 Å². The Hall–Kier alpha value is -3.47. The fourth-order valence-corrected chi connectivity index (χ4v) is 2.92. The second-order valence-corrected chi connectivity index (χ2v) is 5.98. The lowest BCUT2D eigenvalue weighted by atomic mass is 10.0. The molecule has 0 spiro atoms. The van der Waals surface area contributed by atoms with Crippen LogP contribution in [-0.4, -0.2) is 23.0 Å². The number of carbonyl (C=O) groups excluding carboxylic acids is 1. The zero-order valence-electron chi connectivity index (χ0n) is 14.1. The zero-order valence-corrected chi connectivity index (χ0v) is 14.1. The van der Waals surface area contributed by atoms with Crippen LogP contribution < -0.4 is 5.32 Å². The van der Waals surface area contributed by atoms with Gasteiger partial charge >= 0.3 is 0 Å².